The molecule has 0 aliphatic carbocycles. The van der Waals surface area contributed by atoms with Crippen molar-refractivity contribution in [3.63, 3.8) is 0 Å². The molecule has 1 aromatic carbocycles. The number of carbonyl (C=O) groups is 1. The zero-order chi connectivity index (χ0) is 18.4. The second kappa shape index (κ2) is 8.90. The van der Waals surface area contributed by atoms with Crippen molar-refractivity contribution in [2.45, 2.75) is 19.8 Å². The molecule has 1 aliphatic heterocycles. The van der Waals surface area contributed by atoms with Gasteiger partial charge in [0.05, 0.1) is 0 Å². The monoisotopic (exact) mass is 372 g/mol. The van der Waals surface area contributed by atoms with E-state index in [9.17, 15) is 4.79 Å². The summed E-state index contributed by atoms with van der Waals surface area (Å²) in [6, 6.07) is 11.8. The van der Waals surface area contributed by atoms with Crippen LogP contribution in [-0.4, -0.2) is 43.6 Å². The lowest BCUT2D eigenvalue weighted by atomic mass is 10.2. The third-order valence-electron chi connectivity index (χ3n) is 4.61. The predicted molar refractivity (Wildman–Crippen MR) is 107 cm³/mol. The predicted octanol–water partition coefficient (Wildman–Crippen LogP) is 3.59. The minimum absolute atomic E-state index is 0.0992. The van der Waals surface area contributed by atoms with E-state index in [2.05, 4.69) is 33.1 Å². The Morgan fingerprint density at radius 3 is 2.46 bits per heavy atom. The molecule has 138 valence electrons. The van der Waals surface area contributed by atoms with Crippen LogP contribution >= 0.6 is 11.6 Å². The van der Waals surface area contributed by atoms with E-state index in [1.807, 2.05) is 30.3 Å². The largest absolute Gasteiger partial charge is 0.368 e. The third-order valence-corrected chi connectivity index (χ3v) is 4.85. The van der Waals surface area contributed by atoms with Gasteiger partial charge in [-0.25, -0.2) is 0 Å². The quantitative estimate of drug-likeness (QED) is 0.787. The lowest BCUT2D eigenvalue weighted by Gasteiger charge is -2.37. The number of nitrogens with zero attached hydrogens (tertiary/aromatic N) is 3. The first-order valence-corrected chi connectivity index (χ1v) is 9.55. The van der Waals surface area contributed by atoms with Crippen molar-refractivity contribution in [2.24, 2.45) is 0 Å². The molecule has 0 unspecified atom stereocenters. The average Bonchev–Trinajstić information content (AvgIpc) is 2.68. The van der Waals surface area contributed by atoms with Crippen LogP contribution in [-0.2, 0) is 0 Å². The number of anilines is 2. The first-order valence-electron chi connectivity index (χ1n) is 9.17. The number of rotatable bonds is 6. The highest BCUT2D eigenvalue weighted by Crippen LogP contribution is 2.23. The van der Waals surface area contributed by atoms with Crippen LogP contribution in [0.15, 0.2) is 42.6 Å². The lowest BCUT2D eigenvalue weighted by Crippen LogP contribution is -2.46. The molecule has 1 aromatic heterocycles. The highest BCUT2D eigenvalue weighted by atomic mass is 35.5. The molecule has 0 bridgehead atoms. The molecule has 1 saturated heterocycles. The van der Waals surface area contributed by atoms with Gasteiger partial charge < -0.3 is 15.1 Å². The molecule has 0 radical (unpaired) electrons. The number of pyridine rings is 1. The summed E-state index contributed by atoms with van der Waals surface area (Å²) in [5.74, 6) is -0.0992. The average molecular weight is 373 g/mol. The molecule has 26 heavy (non-hydrogen) atoms. The number of aromatic nitrogens is 1. The topological polar surface area (TPSA) is 48.5 Å². The van der Waals surface area contributed by atoms with Crippen molar-refractivity contribution in [3.8, 4) is 0 Å². The van der Waals surface area contributed by atoms with Crippen LogP contribution in [0.1, 0.15) is 30.3 Å². The Kier molecular flexibility index (Phi) is 6.34. The molecular weight excluding hydrogens is 348 g/mol. The van der Waals surface area contributed by atoms with Crippen molar-refractivity contribution in [2.75, 3.05) is 42.5 Å². The SMILES string of the molecule is CCCCNC(=O)c1cc(N2CCN(c3cccc(Cl)c3)CC2)ccn1. The lowest BCUT2D eigenvalue weighted by molar-refractivity contribution is 0.0948. The van der Waals surface area contributed by atoms with Gasteiger partial charge in [0.2, 0.25) is 0 Å². The summed E-state index contributed by atoms with van der Waals surface area (Å²) < 4.78 is 0. The number of benzene rings is 1. The normalized spacial score (nSPS) is 14.4. The molecule has 1 aliphatic rings. The van der Waals surface area contributed by atoms with Crippen molar-refractivity contribution in [1.82, 2.24) is 10.3 Å². The summed E-state index contributed by atoms with van der Waals surface area (Å²) >= 11 is 6.10. The van der Waals surface area contributed by atoms with E-state index >= 15 is 0 Å². The van der Waals surface area contributed by atoms with Crippen LogP contribution in [0.5, 0.6) is 0 Å². The second-order valence-electron chi connectivity index (χ2n) is 6.46. The van der Waals surface area contributed by atoms with Gasteiger partial charge in [-0.2, -0.15) is 0 Å². The molecule has 3 rings (SSSR count). The minimum atomic E-state index is -0.0992. The van der Waals surface area contributed by atoms with Gasteiger partial charge >= 0.3 is 0 Å². The maximum atomic E-state index is 12.2. The Bertz CT molecular complexity index is 744. The standard InChI is InChI=1S/C20H25ClN4O/c1-2-3-8-23-20(26)19-15-18(7-9-22-19)25-12-10-24(11-13-25)17-6-4-5-16(21)14-17/h4-7,9,14-15H,2-3,8,10-13H2,1H3,(H,23,26). The first-order chi connectivity index (χ1) is 12.7. The van der Waals surface area contributed by atoms with Gasteiger partial charge in [0.25, 0.3) is 5.91 Å². The molecular formula is C20H25ClN4O. The molecule has 0 atom stereocenters. The van der Waals surface area contributed by atoms with Crippen LogP contribution in [0.4, 0.5) is 11.4 Å². The number of carbonyl (C=O) groups excluding carboxylic acids is 1. The van der Waals surface area contributed by atoms with Crippen LogP contribution in [0.25, 0.3) is 0 Å². The summed E-state index contributed by atoms with van der Waals surface area (Å²) in [6.45, 7) is 6.43. The number of nitrogens with one attached hydrogen (secondary N) is 1. The van der Waals surface area contributed by atoms with E-state index < -0.39 is 0 Å². The number of amides is 1. The summed E-state index contributed by atoms with van der Waals surface area (Å²) in [5.41, 5.74) is 2.69. The minimum Gasteiger partial charge on any atom is -0.368 e. The van der Waals surface area contributed by atoms with Crippen LogP contribution in [0, 0.1) is 0 Å². The van der Waals surface area contributed by atoms with Gasteiger partial charge in [-0.1, -0.05) is 31.0 Å². The fourth-order valence-electron chi connectivity index (χ4n) is 3.11. The van der Waals surface area contributed by atoms with Crippen molar-refractivity contribution >= 4 is 28.9 Å². The zero-order valence-corrected chi connectivity index (χ0v) is 15.9. The van der Waals surface area contributed by atoms with Crippen LogP contribution in [0.2, 0.25) is 5.02 Å². The maximum Gasteiger partial charge on any atom is 0.269 e. The van der Waals surface area contributed by atoms with E-state index in [0.29, 0.717) is 12.2 Å². The highest BCUT2D eigenvalue weighted by molar-refractivity contribution is 6.30. The summed E-state index contributed by atoms with van der Waals surface area (Å²) in [5, 5.41) is 3.69. The van der Waals surface area contributed by atoms with Crippen LogP contribution in [0.3, 0.4) is 0 Å². The number of halogens is 1. The summed E-state index contributed by atoms with van der Waals surface area (Å²) in [4.78, 5) is 21.1. The summed E-state index contributed by atoms with van der Waals surface area (Å²) in [7, 11) is 0. The Balaban J connectivity index is 1.61. The smallest absolute Gasteiger partial charge is 0.269 e. The van der Waals surface area contributed by atoms with Crippen molar-refractivity contribution < 1.29 is 4.79 Å². The van der Waals surface area contributed by atoms with Gasteiger partial charge in [-0.15, -0.1) is 0 Å². The van der Waals surface area contributed by atoms with E-state index in [4.69, 9.17) is 11.6 Å². The number of piperazine rings is 1. The first kappa shape index (κ1) is 18.5. The highest BCUT2D eigenvalue weighted by Gasteiger charge is 2.19. The zero-order valence-electron chi connectivity index (χ0n) is 15.1. The molecule has 1 amide bonds. The second-order valence-corrected chi connectivity index (χ2v) is 6.90. The van der Waals surface area contributed by atoms with Crippen molar-refractivity contribution in [3.05, 3.63) is 53.3 Å². The molecule has 2 heterocycles. The molecule has 1 N–H and O–H groups in total. The molecule has 2 aromatic rings. The third kappa shape index (κ3) is 4.67. The number of hydrogen-bond acceptors (Lipinski definition) is 4. The number of unbranched alkanes of at least 4 members (excludes halogenated alkanes) is 1. The van der Waals surface area contributed by atoms with E-state index in [-0.39, 0.29) is 5.91 Å². The van der Waals surface area contributed by atoms with Gasteiger partial charge in [-0.05, 0) is 36.8 Å². The molecule has 0 spiro atoms. The molecule has 5 nitrogen and oxygen atoms in total. The van der Waals surface area contributed by atoms with Gasteiger partial charge in [-0.3, -0.25) is 9.78 Å². The van der Waals surface area contributed by atoms with Gasteiger partial charge in [0, 0.05) is 55.3 Å². The summed E-state index contributed by atoms with van der Waals surface area (Å²) in [6.07, 6.45) is 3.76. The van der Waals surface area contributed by atoms with Gasteiger partial charge in [0.15, 0.2) is 0 Å². The van der Waals surface area contributed by atoms with Crippen LogP contribution < -0.4 is 15.1 Å². The Morgan fingerprint density at radius 2 is 1.81 bits per heavy atom. The van der Waals surface area contributed by atoms with E-state index in [1.165, 1.54) is 0 Å². The van der Waals surface area contributed by atoms with E-state index in [0.717, 1.165) is 55.4 Å². The van der Waals surface area contributed by atoms with E-state index in [1.54, 1.807) is 6.20 Å². The fourth-order valence-corrected chi connectivity index (χ4v) is 3.29. The Morgan fingerprint density at radius 1 is 1.12 bits per heavy atom. The number of hydrogen-bond donors (Lipinski definition) is 1. The molecule has 0 saturated carbocycles. The Hall–Kier alpha value is -2.27. The molecule has 1 fully saturated rings. The van der Waals surface area contributed by atoms with Crippen molar-refractivity contribution in [1.29, 1.82) is 0 Å². The van der Waals surface area contributed by atoms with Gasteiger partial charge in [0.1, 0.15) is 5.69 Å². The fraction of sp³-hybridized carbons (Fsp3) is 0.400. The molecule has 6 heteroatoms. The maximum absolute atomic E-state index is 12.2. The Labute approximate surface area is 160 Å².